The van der Waals surface area contributed by atoms with Crippen LogP contribution in [0.4, 0.5) is 0 Å². The third-order valence-corrected chi connectivity index (χ3v) is 1.91. The molecule has 0 saturated carbocycles. The van der Waals surface area contributed by atoms with E-state index in [1.807, 2.05) is 19.1 Å². The number of nitrogens with zero attached hydrogens (tertiary/aromatic N) is 1. The van der Waals surface area contributed by atoms with Gasteiger partial charge >= 0.3 is 0 Å². The molecule has 0 amide bonds. The molecule has 0 aromatic carbocycles. The molecule has 0 bridgehead atoms. The van der Waals surface area contributed by atoms with Crippen LogP contribution in [0.2, 0.25) is 0 Å². The minimum absolute atomic E-state index is 0.412. The number of aliphatic hydroxyl groups excluding tert-OH is 1. The summed E-state index contributed by atoms with van der Waals surface area (Å²) in [7, 11) is 0. The highest BCUT2D eigenvalue weighted by molar-refractivity contribution is 5.11. The van der Waals surface area contributed by atoms with Gasteiger partial charge in [-0.1, -0.05) is 11.6 Å². The highest BCUT2D eigenvalue weighted by Crippen LogP contribution is 2.18. The van der Waals surface area contributed by atoms with E-state index in [0.29, 0.717) is 0 Å². The monoisotopic (exact) mass is 177 g/mol. The van der Waals surface area contributed by atoms with Crippen molar-refractivity contribution >= 4 is 0 Å². The standard InChI is InChI=1S/C11H15NO/c1-9(2)5-6-11(13)10-4-3-7-12-8-10/h3-4,7-8,11,13H,1,5-6H2,2H3. The van der Waals surface area contributed by atoms with Gasteiger partial charge in [-0.05, 0) is 31.4 Å². The maximum absolute atomic E-state index is 9.69. The van der Waals surface area contributed by atoms with Crippen LogP contribution >= 0.6 is 0 Å². The van der Waals surface area contributed by atoms with Crippen LogP contribution < -0.4 is 0 Å². The van der Waals surface area contributed by atoms with Crippen molar-refractivity contribution in [1.82, 2.24) is 4.98 Å². The Morgan fingerprint density at radius 2 is 2.46 bits per heavy atom. The molecule has 0 aliphatic heterocycles. The van der Waals surface area contributed by atoms with Gasteiger partial charge in [-0.25, -0.2) is 0 Å². The van der Waals surface area contributed by atoms with E-state index < -0.39 is 6.10 Å². The lowest BCUT2D eigenvalue weighted by Gasteiger charge is -2.09. The van der Waals surface area contributed by atoms with Crippen LogP contribution in [-0.2, 0) is 0 Å². The summed E-state index contributed by atoms with van der Waals surface area (Å²) < 4.78 is 0. The Hall–Kier alpha value is -1.15. The molecule has 1 atom stereocenters. The number of pyridine rings is 1. The van der Waals surface area contributed by atoms with Gasteiger partial charge in [0.1, 0.15) is 0 Å². The summed E-state index contributed by atoms with van der Waals surface area (Å²) in [5.41, 5.74) is 1.98. The van der Waals surface area contributed by atoms with Crippen LogP contribution in [0.25, 0.3) is 0 Å². The lowest BCUT2D eigenvalue weighted by atomic mass is 10.0. The maximum atomic E-state index is 9.69. The van der Waals surface area contributed by atoms with Crippen molar-refractivity contribution in [1.29, 1.82) is 0 Å². The quantitative estimate of drug-likeness (QED) is 0.717. The lowest BCUT2D eigenvalue weighted by Crippen LogP contribution is -1.97. The van der Waals surface area contributed by atoms with Crippen molar-refractivity contribution in [3.63, 3.8) is 0 Å². The Bertz CT molecular complexity index is 269. The zero-order valence-electron chi connectivity index (χ0n) is 7.90. The molecule has 0 aliphatic rings. The van der Waals surface area contributed by atoms with Crippen molar-refractivity contribution in [3.8, 4) is 0 Å². The molecule has 1 heterocycles. The van der Waals surface area contributed by atoms with Crippen molar-refractivity contribution in [3.05, 3.63) is 42.2 Å². The molecule has 0 spiro atoms. The van der Waals surface area contributed by atoms with Gasteiger partial charge in [-0.3, -0.25) is 4.98 Å². The van der Waals surface area contributed by atoms with Crippen LogP contribution in [0.5, 0.6) is 0 Å². The first-order chi connectivity index (χ1) is 6.20. The Morgan fingerprint density at radius 1 is 1.69 bits per heavy atom. The zero-order valence-corrected chi connectivity index (χ0v) is 7.90. The summed E-state index contributed by atoms with van der Waals surface area (Å²) in [5, 5.41) is 9.69. The van der Waals surface area contributed by atoms with E-state index >= 15 is 0 Å². The first kappa shape index (κ1) is 9.93. The average molecular weight is 177 g/mol. The van der Waals surface area contributed by atoms with Crippen LogP contribution in [0, 0.1) is 0 Å². The Balaban J connectivity index is 2.49. The smallest absolute Gasteiger partial charge is 0.0808 e. The number of aromatic nitrogens is 1. The summed E-state index contributed by atoms with van der Waals surface area (Å²) in [6, 6.07) is 3.72. The highest BCUT2D eigenvalue weighted by atomic mass is 16.3. The van der Waals surface area contributed by atoms with E-state index in [2.05, 4.69) is 11.6 Å². The minimum Gasteiger partial charge on any atom is -0.388 e. The highest BCUT2D eigenvalue weighted by Gasteiger charge is 2.06. The van der Waals surface area contributed by atoms with Gasteiger partial charge in [0.05, 0.1) is 6.10 Å². The van der Waals surface area contributed by atoms with Gasteiger partial charge in [0.2, 0.25) is 0 Å². The van der Waals surface area contributed by atoms with E-state index in [-0.39, 0.29) is 0 Å². The van der Waals surface area contributed by atoms with Gasteiger partial charge < -0.3 is 5.11 Å². The van der Waals surface area contributed by atoms with E-state index in [9.17, 15) is 5.11 Å². The van der Waals surface area contributed by atoms with E-state index in [1.54, 1.807) is 12.4 Å². The van der Waals surface area contributed by atoms with Crippen LogP contribution in [0.15, 0.2) is 36.7 Å². The molecule has 1 aromatic rings. The van der Waals surface area contributed by atoms with Crippen LogP contribution in [0.1, 0.15) is 31.4 Å². The number of rotatable bonds is 4. The molecule has 0 aliphatic carbocycles. The first-order valence-electron chi connectivity index (χ1n) is 4.42. The van der Waals surface area contributed by atoms with Crippen molar-refractivity contribution in [2.24, 2.45) is 0 Å². The Morgan fingerprint density at radius 3 is 3.00 bits per heavy atom. The molecule has 13 heavy (non-hydrogen) atoms. The third kappa shape index (κ3) is 3.38. The molecular formula is C11H15NO. The van der Waals surface area contributed by atoms with Gasteiger partial charge in [-0.2, -0.15) is 0 Å². The molecule has 0 saturated heterocycles. The summed E-state index contributed by atoms with van der Waals surface area (Å²) in [4.78, 5) is 3.95. The number of hydrogen-bond donors (Lipinski definition) is 1. The largest absolute Gasteiger partial charge is 0.388 e. The van der Waals surface area contributed by atoms with Crippen molar-refractivity contribution < 1.29 is 5.11 Å². The Labute approximate surface area is 78.9 Å². The van der Waals surface area contributed by atoms with Gasteiger partial charge in [-0.15, -0.1) is 6.58 Å². The molecule has 0 fully saturated rings. The molecule has 0 radical (unpaired) electrons. The minimum atomic E-state index is -0.412. The fourth-order valence-corrected chi connectivity index (χ4v) is 1.12. The van der Waals surface area contributed by atoms with E-state index in [4.69, 9.17) is 0 Å². The molecule has 1 N–H and O–H groups in total. The SMILES string of the molecule is C=C(C)CCC(O)c1cccnc1. The number of aliphatic hydroxyl groups is 1. The van der Waals surface area contributed by atoms with E-state index in [1.165, 1.54) is 0 Å². The summed E-state index contributed by atoms with van der Waals surface area (Å²) in [5.74, 6) is 0. The molecular weight excluding hydrogens is 162 g/mol. The van der Waals surface area contributed by atoms with Gasteiger partial charge in [0.15, 0.2) is 0 Å². The Kier molecular flexibility index (Phi) is 3.65. The molecule has 2 heteroatoms. The molecule has 1 unspecified atom stereocenters. The predicted octanol–water partition coefficient (Wildman–Crippen LogP) is 2.47. The molecule has 2 nitrogen and oxygen atoms in total. The number of allylic oxidation sites excluding steroid dienone is 1. The van der Waals surface area contributed by atoms with Gasteiger partial charge in [0, 0.05) is 12.4 Å². The molecule has 1 rings (SSSR count). The number of hydrogen-bond acceptors (Lipinski definition) is 2. The average Bonchev–Trinajstić information content (AvgIpc) is 2.15. The van der Waals surface area contributed by atoms with Crippen LogP contribution in [-0.4, -0.2) is 10.1 Å². The maximum Gasteiger partial charge on any atom is 0.0808 e. The topological polar surface area (TPSA) is 33.1 Å². The fraction of sp³-hybridized carbons (Fsp3) is 0.364. The second-order valence-corrected chi connectivity index (χ2v) is 3.30. The van der Waals surface area contributed by atoms with Gasteiger partial charge in [0.25, 0.3) is 0 Å². The second kappa shape index (κ2) is 4.77. The first-order valence-corrected chi connectivity index (χ1v) is 4.42. The lowest BCUT2D eigenvalue weighted by molar-refractivity contribution is 0.167. The van der Waals surface area contributed by atoms with E-state index in [0.717, 1.165) is 24.0 Å². The predicted molar refractivity (Wildman–Crippen MR) is 53.2 cm³/mol. The van der Waals surface area contributed by atoms with Crippen molar-refractivity contribution in [2.45, 2.75) is 25.9 Å². The summed E-state index contributed by atoms with van der Waals surface area (Å²) >= 11 is 0. The molecule has 70 valence electrons. The second-order valence-electron chi connectivity index (χ2n) is 3.30. The normalized spacial score (nSPS) is 12.5. The third-order valence-electron chi connectivity index (χ3n) is 1.91. The van der Waals surface area contributed by atoms with Crippen LogP contribution in [0.3, 0.4) is 0 Å². The fourth-order valence-electron chi connectivity index (χ4n) is 1.12. The zero-order chi connectivity index (χ0) is 9.68. The summed E-state index contributed by atoms with van der Waals surface area (Å²) in [6.45, 7) is 5.76. The summed E-state index contributed by atoms with van der Waals surface area (Å²) in [6.07, 6.45) is 4.57. The van der Waals surface area contributed by atoms with Crippen molar-refractivity contribution in [2.75, 3.05) is 0 Å². The molecule has 1 aromatic heterocycles.